The van der Waals surface area contributed by atoms with E-state index in [9.17, 15) is 0 Å². The molecular formula is C16H21ClN2S. The molecule has 0 atom stereocenters. The number of nitrogens with one attached hydrogen (secondary N) is 1. The Labute approximate surface area is 130 Å². The average Bonchev–Trinajstić information content (AvgIpc) is 2.47. The molecule has 1 N–H and O–H groups in total. The van der Waals surface area contributed by atoms with E-state index in [0.29, 0.717) is 5.41 Å². The van der Waals surface area contributed by atoms with Crippen molar-refractivity contribution in [2.45, 2.75) is 39.0 Å². The number of nitrogens with zero attached hydrogens (tertiary/aromatic N) is 1. The van der Waals surface area contributed by atoms with Crippen molar-refractivity contribution < 1.29 is 0 Å². The molecule has 1 aliphatic carbocycles. The Bertz CT molecular complexity index is 521. The van der Waals surface area contributed by atoms with Crippen molar-refractivity contribution in [2.75, 3.05) is 17.6 Å². The first kappa shape index (κ1) is 14.3. The molecule has 2 nitrogen and oxygen atoms in total. The molecule has 1 aromatic rings. The molecule has 1 heterocycles. The van der Waals surface area contributed by atoms with E-state index in [1.165, 1.54) is 43.4 Å². The maximum absolute atomic E-state index is 6.23. The van der Waals surface area contributed by atoms with Gasteiger partial charge in [0.25, 0.3) is 0 Å². The Morgan fingerprint density at radius 3 is 2.75 bits per heavy atom. The predicted molar refractivity (Wildman–Crippen MR) is 90.1 cm³/mol. The van der Waals surface area contributed by atoms with Gasteiger partial charge in [0.15, 0.2) is 5.17 Å². The first-order chi connectivity index (χ1) is 9.67. The average molecular weight is 309 g/mol. The van der Waals surface area contributed by atoms with Crippen molar-refractivity contribution in [1.29, 1.82) is 0 Å². The van der Waals surface area contributed by atoms with Gasteiger partial charge in [0.2, 0.25) is 0 Å². The van der Waals surface area contributed by atoms with Gasteiger partial charge < -0.3 is 5.32 Å². The third kappa shape index (κ3) is 3.15. The molecule has 1 spiro atoms. The smallest absolute Gasteiger partial charge is 0.161 e. The number of benzene rings is 1. The first-order valence-corrected chi connectivity index (χ1v) is 8.74. The van der Waals surface area contributed by atoms with E-state index in [-0.39, 0.29) is 0 Å². The Balaban J connectivity index is 1.69. The lowest BCUT2D eigenvalue weighted by molar-refractivity contribution is 0.232. The molecule has 2 aliphatic rings. The number of aliphatic imine (C=N–C) groups is 1. The molecule has 0 saturated heterocycles. The molecule has 0 aromatic heterocycles. The maximum Gasteiger partial charge on any atom is 0.161 e. The Morgan fingerprint density at radius 2 is 2.05 bits per heavy atom. The van der Waals surface area contributed by atoms with Crippen molar-refractivity contribution >= 4 is 34.2 Å². The fourth-order valence-corrected chi connectivity index (χ4v) is 4.41. The summed E-state index contributed by atoms with van der Waals surface area (Å²) in [6, 6.07) is 6.05. The van der Waals surface area contributed by atoms with Gasteiger partial charge in [-0.05, 0) is 42.9 Å². The third-order valence-electron chi connectivity index (χ3n) is 4.35. The number of hydrogen-bond donors (Lipinski definition) is 1. The van der Waals surface area contributed by atoms with E-state index in [4.69, 9.17) is 16.6 Å². The van der Waals surface area contributed by atoms with Crippen LogP contribution in [-0.4, -0.2) is 17.5 Å². The summed E-state index contributed by atoms with van der Waals surface area (Å²) in [4.78, 5) is 4.78. The topological polar surface area (TPSA) is 24.4 Å². The van der Waals surface area contributed by atoms with E-state index in [2.05, 4.69) is 18.3 Å². The molecule has 108 valence electrons. The highest BCUT2D eigenvalue weighted by Gasteiger charge is 2.34. The minimum atomic E-state index is 0.477. The van der Waals surface area contributed by atoms with Crippen LogP contribution in [0.3, 0.4) is 0 Å². The number of amidine groups is 1. The van der Waals surface area contributed by atoms with Crippen molar-refractivity contribution in [3.8, 4) is 0 Å². The van der Waals surface area contributed by atoms with E-state index in [1.807, 2.05) is 23.9 Å². The van der Waals surface area contributed by atoms with Crippen molar-refractivity contribution in [3.63, 3.8) is 0 Å². The normalized spacial score (nSPS) is 21.6. The van der Waals surface area contributed by atoms with Gasteiger partial charge in [0.05, 0.1) is 10.7 Å². The van der Waals surface area contributed by atoms with Crippen LogP contribution in [0.4, 0.5) is 5.69 Å². The van der Waals surface area contributed by atoms with Crippen LogP contribution in [0.2, 0.25) is 5.02 Å². The van der Waals surface area contributed by atoms with Crippen molar-refractivity contribution in [1.82, 2.24) is 0 Å². The lowest BCUT2D eigenvalue weighted by Gasteiger charge is -2.38. The van der Waals surface area contributed by atoms with Crippen LogP contribution in [0, 0.1) is 12.3 Å². The summed E-state index contributed by atoms with van der Waals surface area (Å²) < 4.78 is 0. The van der Waals surface area contributed by atoms with Crippen LogP contribution in [-0.2, 0) is 0 Å². The number of anilines is 1. The number of thioether (sulfide) groups is 1. The summed E-state index contributed by atoms with van der Waals surface area (Å²) >= 11 is 8.09. The highest BCUT2D eigenvalue weighted by molar-refractivity contribution is 8.14. The summed E-state index contributed by atoms with van der Waals surface area (Å²) in [7, 11) is 0. The van der Waals surface area contributed by atoms with Gasteiger partial charge in [-0.3, -0.25) is 4.99 Å². The first-order valence-electron chi connectivity index (χ1n) is 7.37. The van der Waals surface area contributed by atoms with Crippen LogP contribution in [0.5, 0.6) is 0 Å². The summed E-state index contributed by atoms with van der Waals surface area (Å²) in [6.45, 7) is 3.06. The summed E-state index contributed by atoms with van der Waals surface area (Å²) in [5.74, 6) is 1.20. The van der Waals surface area contributed by atoms with Crippen LogP contribution in [0.1, 0.15) is 37.7 Å². The van der Waals surface area contributed by atoms with Crippen LogP contribution < -0.4 is 5.32 Å². The Hall–Kier alpha value is -0.670. The molecule has 0 amide bonds. The number of hydrogen-bond acceptors (Lipinski definition) is 3. The highest BCUT2D eigenvalue weighted by Crippen LogP contribution is 2.42. The highest BCUT2D eigenvalue weighted by atomic mass is 35.5. The van der Waals surface area contributed by atoms with Gasteiger partial charge in [-0.2, -0.15) is 0 Å². The van der Waals surface area contributed by atoms with E-state index in [1.54, 1.807) is 0 Å². The summed E-state index contributed by atoms with van der Waals surface area (Å²) in [6.07, 6.45) is 6.86. The van der Waals surface area contributed by atoms with Gasteiger partial charge >= 0.3 is 0 Å². The lowest BCUT2D eigenvalue weighted by atomic mass is 9.75. The summed E-state index contributed by atoms with van der Waals surface area (Å²) in [5, 5.41) is 5.18. The monoisotopic (exact) mass is 308 g/mol. The molecule has 20 heavy (non-hydrogen) atoms. The van der Waals surface area contributed by atoms with E-state index < -0.39 is 0 Å². The zero-order chi connectivity index (χ0) is 14.0. The third-order valence-corrected chi connectivity index (χ3v) is 5.94. The SMILES string of the molecule is Cc1ccc(Cl)c(NC2=NCC3(CCCCC3)CS2)c1. The molecule has 1 saturated carbocycles. The zero-order valence-electron chi connectivity index (χ0n) is 11.9. The van der Waals surface area contributed by atoms with Gasteiger partial charge in [-0.1, -0.05) is 48.7 Å². The molecule has 0 bridgehead atoms. The Morgan fingerprint density at radius 1 is 1.25 bits per heavy atom. The maximum atomic E-state index is 6.23. The van der Waals surface area contributed by atoms with Gasteiger partial charge in [0.1, 0.15) is 0 Å². The number of aryl methyl sites for hydroxylation is 1. The minimum Gasteiger partial charge on any atom is -0.334 e. The predicted octanol–water partition coefficient (Wildman–Crippen LogP) is 5.11. The standard InChI is InChI=1S/C16H21ClN2S/c1-12-5-6-13(17)14(9-12)19-15-18-10-16(11-20-15)7-3-2-4-8-16/h5-6,9H,2-4,7-8,10-11H2,1H3,(H,18,19). The van der Waals surface area contributed by atoms with Crippen LogP contribution >= 0.6 is 23.4 Å². The second kappa shape index (κ2) is 5.98. The molecule has 1 aromatic carbocycles. The molecule has 1 fully saturated rings. The quantitative estimate of drug-likeness (QED) is 0.779. The molecular weight excluding hydrogens is 288 g/mol. The molecule has 4 heteroatoms. The fraction of sp³-hybridized carbons (Fsp3) is 0.562. The fourth-order valence-electron chi connectivity index (χ4n) is 3.08. The lowest BCUT2D eigenvalue weighted by Crippen LogP contribution is -2.35. The summed E-state index contributed by atoms with van der Waals surface area (Å²) in [5.41, 5.74) is 2.66. The van der Waals surface area contributed by atoms with Crippen molar-refractivity contribution in [3.05, 3.63) is 28.8 Å². The van der Waals surface area contributed by atoms with Crippen LogP contribution in [0.25, 0.3) is 0 Å². The van der Waals surface area contributed by atoms with Crippen LogP contribution in [0.15, 0.2) is 23.2 Å². The van der Waals surface area contributed by atoms with Gasteiger partial charge in [-0.25, -0.2) is 0 Å². The second-order valence-electron chi connectivity index (χ2n) is 6.08. The zero-order valence-corrected chi connectivity index (χ0v) is 13.5. The number of rotatable bonds is 1. The molecule has 0 unspecified atom stereocenters. The van der Waals surface area contributed by atoms with Crippen molar-refractivity contribution in [2.24, 2.45) is 10.4 Å². The van der Waals surface area contributed by atoms with Gasteiger partial charge in [0, 0.05) is 12.3 Å². The molecule has 0 radical (unpaired) electrons. The van der Waals surface area contributed by atoms with E-state index >= 15 is 0 Å². The second-order valence-corrected chi connectivity index (χ2v) is 7.45. The minimum absolute atomic E-state index is 0.477. The van der Waals surface area contributed by atoms with E-state index in [0.717, 1.165) is 22.4 Å². The molecule has 1 aliphatic heterocycles. The molecule has 3 rings (SSSR count). The van der Waals surface area contributed by atoms with Gasteiger partial charge in [-0.15, -0.1) is 0 Å². The largest absolute Gasteiger partial charge is 0.334 e. The number of halogens is 1. The Kier molecular flexibility index (Phi) is 4.27.